The molecule has 114 valence electrons. The van der Waals surface area contributed by atoms with Crippen LogP contribution in [0.2, 0.25) is 0 Å². The Kier molecular flexibility index (Phi) is 3.48. The predicted octanol–water partition coefficient (Wildman–Crippen LogP) is 1.84. The van der Waals surface area contributed by atoms with Crippen molar-refractivity contribution in [1.29, 1.82) is 0 Å². The first kappa shape index (κ1) is 13.9. The van der Waals surface area contributed by atoms with Crippen LogP contribution >= 0.6 is 15.9 Å². The highest BCUT2D eigenvalue weighted by Gasteiger charge is 2.16. The molecule has 1 aromatic carbocycles. The summed E-state index contributed by atoms with van der Waals surface area (Å²) in [7, 11) is 0. The minimum atomic E-state index is -0.220. The van der Waals surface area contributed by atoms with E-state index in [1.54, 1.807) is 0 Å². The van der Waals surface area contributed by atoms with Crippen LogP contribution in [0.15, 0.2) is 31.9 Å². The fraction of sp³-hybridized carbons (Fsp3) is 0.333. The van der Waals surface area contributed by atoms with Gasteiger partial charge in [-0.05, 0) is 18.2 Å². The van der Waals surface area contributed by atoms with Crippen LogP contribution in [0, 0.1) is 0 Å². The van der Waals surface area contributed by atoms with Gasteiger partial charge in [0.25, 0.3) is 5.56 Å². The van der Waals surface area contributed by atoms with Crippen molar-refractivity contribution in [2.45, 2.75) is 6.54 Å². The Morgan fingerprint density at radius 3 is 2.95 bits per heavy atom. The number of H-pyrrole nitrogens is 1. The molecule has 1 fully saturated rings. The summed E-state index contributed by atoms with van der Waals surface area (Å²) in [5, 5.41) is 4.17. The van der Waals surface area contributed by atoms with Crippen LogP contribution in [0.1, 0.15) is 5.82 Å². The number of nitrogens with one attached hydrogen (secondary N) is 2. The standard InChI is InChI=1S/C15H15BrN4O2/c16-9-1-2-11-10(7-9)13-14(22-11)15(21)19-12(18-13)8-20-5-3-17-4-6-20/h1-2,7,17H,3-6,8H2,(H,18,19,21). The number of piperazine rings is 1. The number of hydrogen-bond acceptors (Lipinski definition) is 5. The van der Waals surface area contributed by atoms with E-state index in [1.807, 2.05) is 18.2 Å². The van der Waals surface area contributed by atoms with E-state index in [9.17, 15) is 4.79 Å². The van der Waals surface area contributed by atoms with Crippen LogP contribution in [0.3, 0.4) is 0 Å². The summed E-state index contributed by atoms with van der Waals surface area (Å²) in [6, 6.07) is 5.67. The number of fused-ring (bicyclic) bond motifs is 3. The number of halogens is 1. The first-order valence-corrected chi connectivity index (χ1v) is 8.04. The second-order valence-electron chi connectivity index (χ2n) is 5.46. The van der Waals surface area contributed by atoms with E-state index >= 15 is 0 Å². The van der Waals surface area contributed by atoms with E-state index in [0.717, 1.165) is 36.0 Å². The lowest BCUT2D eigenvalue weighted by Gasteiger charge is -2.26. The number of hydrogen-bond donors (Lipinski definition) is 2. The van der Waals surface area contributed by atoms with Gasteiger partial charge in [0.1, 0.15) is 16.9 Å². The van der Waals surface area contributed by atoms with Gasteiger partial charge < -0.3 is 14.7 Å². The molecular formula is C15H15BrN4O2. The highest BCUT2D eigenvalue weighted by atomic mass is 79.9. The summed E-state index contributed by atoms with van der Waals surface area (Å²) < 4.78 is 6.57. The molecule has 2 aromatic heterocycles. The third-order valence-corrected chi connectivity index (χ3v) is 4.41. The molecule has 4 rings (SSSR count). The van der Waals surface area contributed by atoms with E-state index in [1.165, 1.54) is 0 Å². The van der Waals surface area contributed by atoms with Crippen LogP contribution in [-0.2, 0) is 6.54 Å². The molecule has 1 saturated heterocycles. The predicted molar refractivity (Wildman–Crippen MR) is 88.0 cm³/mol. The second-order valence-corrected chi connectivity index (χ2v) is 6.37. The molecule has 0 radical (unpaired) electrons. The molecule has 0 unspecified atom stereocenters. The molecule has 3 aromatic rings. The Hall–Kier alpha value is -1.70. The molecule has 0 saturated carbocycles. The molecule has 1 aliphatic rings. The van der Waals surface area contributed by atoms with Crippen molar-refractivity contribution in [3.05, 3.63) is 38.9 Å². The third-order valence-electron chi connectivity index (χ3n) is 3.92. The lowest BCUT2D eigenvalue weighted by atomic mass is 10.2. The van der Waals surface area contributed by atoms with Crippen LogP contribution in [0.4, 0.5) is 0 Å². The van der Waals surface area contributed by atoms with Crippen molar-refractivity contribution < 1.29 is 4.42 Å². The Morgan fingerprint density at radius 2 is 2.14 bits per heavy atom. The molecule has 0 aliphatic carbocycles. The molecule has 0 bridgehead atoms. The Labute approximate surface area is 134 Å². The molecule has 7 heteroatoms. The average Bonchev–Trinajstić information content (AvgIpc) is 2.87. The van der Waals surface area contributed by atoms with Crippen molar-refractivity contribution in [1.82, 2.24) is 20.2 Å². The van der Waals surface area contributed by atoms with Crippen molar-refractivity contribution in [2.24, 2.45) is 0 Å². The summed E-state index contributed by atoms with van der Waals surface area (Å²) in [6.07, 6.45) is 0. The van der Waals surface area contributed by atoms with Crippen LogP contribution < -0.4 is 10.9 Å². The van der Waals surface area contributed by atoms with Gasteiger partial charge in [-0.25, -0.2) is 4.98 Å². The van der Waals surface area contributed by atoms with Gasteiger partial charge in [0.2, 0.25) is 5.58 Å². The zero-order chi connectivity index (χ0) is 15.1. The minimum Gasteiger partial charge on any atom is -0.449 e. The Bertz CT molecular complexity index is 896. The van der Waals surface area contributed by atoms with Gasteiger partial charge >= 0.3 is 0 Å². The summed E-state index contributed by atoms with van der Waals surface area (Å²) in [6.45, 7) is 4.49. The zero-order valence-corrected chi connectivity index (χ0v) is 13.4. The van der Waals surface area contributed by atoms with E-state index in [-0.39, 0.29) is 11.1 Å². The van der Waals surface area contributed by atoms with Crippen LogP contribution in [0.25, 0.3) is 22.1 Å². The molecule has 22 heavy (non-hydrogen) atoms. The number of aromatic amines is 1. The summed E-state index contributed by atoms with van der Waals surface area (Å²) >= 11 is 3.45. The van der Waals surface area contributed by atoms with E-state index < -0.39 is 0 Å². The minimum absolute atomic E-state index is 0.220. The first-order valence-electron chi connectivity index (χ1n) is 7.25. The maximum absolute atomic E-state index is 12.3. The lowest BCUT2D eigenvalue weighted by molar-refractivity contribution is 0.228. The normalized spacial score (nSPS) is 16.6. The van der Waals surface area contributed by atoms with E-state index in [2.05, 4.69) is 36.1 Å². The van der Waals surface area contributed by atoms with Crippen molar-refractivity contribution >= 4 is 38.0 Å². The van der Waals surface area contributed by atoms with Gasteiger partial charge in [-0.3, -0.25) is 9.69 Å². The monoisotopic (exact) mass is 362 g/mol. The largest absolute Gasteiger partial charge is 0.449 e. The number of nitrogens with zero attached hydrogens (tertiary/aromatic N) is 2. The molecule has 0 atom stereocenters. The zero-order valence-electron chi connectivity index (χ0n) is 11.9. The fourth-order valence-electron chi connectivity index (χ4n) is 2.83. The van der Waals surface area contributed by atoms with Gasteiger partial charge in [-0.15, -0.1) is 0 Å². The maximum atomic E-state index is 12.3. The van der Waals surface area contributed by atoms with Gasteiger partial charge in [0, 0.05) is 36.0 Å². The average molecular weight is 363 g/mol. The van der Waals surface area contributed by atoms with Gasteiger partial charge in [0.05, 0.1) is 6.54 Å². The van der Waals surface area contributed by atoms with E-state index in [0.29, 0.717) is 23.5 Å². The fourth-order valence-corrected chi connectivity index (χ4v) is 3.19. The highest BCUT2D eigenvalue weighted by Crippen LogP contribution is 2.27. The van der Waals surface area contributed by atoms with Gasteiger partial charge in [-0.2, -0.15) is 0 Å². The summed E-state index contributed by atoms with van der Waals surface area (Å²) in [5.74, 6) is 0.682. The van der Waals surface area contributed by atoms with Crippen molar-refractivity contribution in [2.75, 3.05) is 26.2 Å². The topological polar surface area (TPSA) is 74.2 Å². The molecule has 2 N–H and O–H groups in total. The smallest absolute Gasteiger partial charge is 0.294 e. The Balaban J connectivity index is 1.81. The van der Waals surface area contributed by atoms with Crippen molar-refractivity contribution in [3.63, 3.8) is 0 Å². The number of aromatic nitrogens is 2. The molecule has 3 heterocycles. The second kappa shape index (κ2) is 5.49. The molecule has 6 nitrogen and oxygen atoms in total. The number of rotatable bonds is 2. The quantitative estimate of drug-likeness (QED) is 0.727. The summed E-state index contributed by atoms with van der Waals surface area (Å²) in [4.78, 5) is 22.0. The Morgan fingerprint density at radius 1 is 1.32 bits per heavy atom. The third kappa shape index (κ3) is 2.45. The maximum Gasteiger partial charge on any atom is 0.294 e. The summed E-state index contributed by atoms with van der Waals surface area (Å²) in [5.41, 5.74) is 1.38. The SMILES string of the molecule is O=c1[nH]c(CN2CCNCC2)nc2c1oc1ccc(Br)cc12. The van der Waals surface area contributed by atoms with Crippen LogP contribution in [-0.4, -0.2) is 41.0 Å². The van der Waals surface area contributed by atoms with Crippen LogP contribution in [0.5, 0.6) is 0 Å². The molecule has 0 amide bonds. The van der Waals surface area contributed by atoms with Gasteiger partial charge in [-0.1, -0.05) is 15.9 Å². The lowest BCUT2D eigenvalue weighted by Crippen LogP contribution is -2.43. The highest BCUT2D eigenvalue weighted by molar-refractivity contribution is 9.10. The molecule has 1 aliphatic heterocycles. The molecular weight excluding hydrogens is 348 g/mol. The molecule has 0 spiro atoms. The van der Waals surface area contributed by atoms with E-state index in [4.69, 9.17) is 4.42 Å². The first-order chi connectivity index (χ1) is 10.7. The number of benzene rings is 1. The number of furan rings is 1. The van der Waals surface area contributed by atoms with Gasteiger partial charge in [0.15, 0.2) is 0 Å². The van der Waals surface area contributed by atoms with Crippen molar-refractivity contribution in [3.8, 4) is 0 Å².